The van der Waals surface area contributed by atoms with Gasteiger partial charge in [-0.25, -0.2) is 4.98 Å². The largest absolute Gasteiger partial charge is 0.355 e. The van der Waals surface area contributed by atoms with E-state index in [1.807, 2.05) is 54.6 Å². The Morgan fingerprint density at radius 3 is 2.48 bits per heavy atom. The van der Waals surface area contributed by atoms with E-state index in [-0.39, 0.29) is 11.8 Å². The Hall–Kier alpha value is -3.65. The molecule has 29 heavy (non-hydrogen) atoms. The Balaban J connectivity index is 1.35. The van der Waals surface area contributed by atoms with E-state index in [9.17, 15) is 4.79 Å². The second kappa shape index (κ2) is 9.03. The fraction of sp³-hybridized carbons (Fsp3) is 0.208. The van der Waals surface area contributed by atoms with Crippen LogP contribution in [0, 0.1) is 17.8 Å². The molecule has 2 aromatic carbocycles. The number of nitrogens with one attached hydrogen (secondary N) is 1. The Morgan fingerprint density at radius 1 is 0.966 bits per heavy atom. The van der Waals surface area contributed by atoms with E-state index in [4.69, 9.17) is 0 Å². The van der Waals surface area contributed by atoms with Crippen LogP contribution in [0.5, 0.6) is 0 Å². The molecule has 144 valence electrons. The highest BCUT2D eigenvalue weighted by Crippen LogP contribution is 2.22. The van der Waals surface area contributed by atoms with Gasteiger partial charge >= 0.3 is 0 Å². The molecule has 0 spiro atoms. The molecule has 3 aromatic rings. The fourth-order valence-electron chi connectivity index (χ4n) is 3.41. The van der Waals surface area contributed by atoms with Crippen molar-refractivity contribution in [2.24, 2.45) is 5.92 Å². The van der Waals surface area contributed by atoms with Gasteiger partial charge in [-0.05, 0) is 43.2 Å². The topological polar surface area (TPSA) is 58.1 Å². The lowest BCUT2D eigenvalue weighted by Gasteiger charge is -2.31. The van der Waals surface area contributed by atoms with Crippen LogP contribution in [0.2, 0.25) is 0 Å². The van der Waals surface area contributed by atoms with Crippen LogP contribution in [0.1, 0.15) is 24.0 Å². The van der Waals surface area contributed by atoms with Crippen molar-refractivity contribution in [1.82, 2.24) is 9.97 Å². The Kier molecular flexibility index (Phi) is 5.82. The van der Waals surface area contributed by atoms with Gasteiger partial charge in [0.2, 0.25) is 5.91 Å². The second-order valence-corrected chi connectivity index (χ2v) is 7.01. The third-order valence-corrected chi connectivity index (χ3v) is 4.99. The molecule has 0 saturated carbocycles. The first-order chi connectivity index (χ1) is 14.3. The lowest BCUT2D eigenvalue weighted by atomic mass is 9.96. The minimum absolute atomic E-state index is 0.00183. The van der Waals surface area contributed by atoms with Gasteiger partial charge in [-0.2, -0.15) is 0 Å². The molecular formula is C24H22N4O. The van der Waals surface area contributed by atoms with Crippen LogP contribution < -0.4 is 10.2 Å². The summed E-state index contributed by atoms with van der Waals surface area (Å²) in [5.74, 6) is 7.24. The first kappa shape index (κ1) is 18.7. The van der Waals surface area contributed by atoms with Crippen LogP contribution in [0.3, 0.4) is 0 Å². The maximum Gasteiger partial charge on any atom is 0.227 e. The number of nitrogens with zero attached hydrogens (tertiary/aromatic N) is 3. The van der Waals surface area contributed by atoms with Gasteiger partial charge in [-0.15, -0.1) is 0 Å². The SMILES string of the molecule is O=C(Nc1cccc(C#Cc2ccccc2)c1)C1CCN(c2cnccn2)CC1. The smallest absolute Gasteiger partial charge is 0.227 e. The van der Waals surface area contributed by atoms with Gasteiger partial charge in [0.25, 0.3) is 0 Å². The summed E-state index contributed by atoms with van der Waals surface area (Å²) < 4.78 is 0. The van der Waals surface area contributed by atoms with Gasteiger partial charge in [0.05, 0.1) is 6.20 Å². The summed E-state index contributed by atoms with van der Waals surface area (Å²) in [7, 11) is 0. The standard InChI is InChI=1S/C24H22N4O/c29-24(21-11-15-28(16-12-21)23-18-25-13-14-26-23)27-22-8-4-7-20(17-22)10-9-19-5-2-1-3-6-19/h1-8,13-14,17-18,21H,11-12,15-16H2,(H,27,29). The summed E-state index contributed by atoms with van der Waals surface area (Å²) in [4.78, 5) is 23.3. The lowest BCUT2D eigenvalue weighted by molar-refractivity contribution is -0.120. The van der Waals surface area contributed by atoms with Crippen LogP contribution in [-0.2, 0) is 4.79 Å². The van der Waals surface area contributed by atoms with Crippen molar-refractivity contribution in [3.63, 3.8) is 0 Å². The van der Waals surface area contributed by atoms with E-state index < -0.39 is 0 Å². The van der Waals surface area contributed by atoms with E-state index in [1.54, 1.807) is 18.6 Å². The van der Waals surface area contributed by atoms with Crippen molar-refractivity contribution in [3.05, 3.63) is 84.3 Å². The maximum absolute atomic E-state index is 12.7. The Bertz CT molecular complexity index is 1020. The van der Waals surface area contributed by atoms with Gasteiger partial charge < -0.3 is 10.2 Å². The number of carbonyl (C=O) groups excluding carboxylic acids is 1. The first-order valence-electron chi connectivity index (χ1n) is 9.77. The monoisotopic (exact) mass is 382 g/mol. The molecule has 4 rings (SSSR count). The van der Waals surface area contributed by atoms with Crippen molar-refractivity contribution >= 4 is 17.4 Å². The van der Waals surface area contributed by atoms with Gasteiger partial charge in [0, 0.05) is 48.2 Å². The zero-order valence-corrected chi connectivity index (χ0v) is 16.1. The second-order valence-electron chi connectivity index (χ2n) is 7.01. The number of hydrogen-bond donors (Lipinski definition) is 1. The van der Waals surface area contributed by atoms with Gasteiger partial charge in [-0.1, -0.05) is 36.1 Å². The zero-order valence-electron chi connectivity index (χ0n) is 16.1. The van der Waals surface area contributed by atoms with E-state index in [0.717, 1.165) is 48.6 Å². The first-order valence-corrected chi connectivity index (χ1v) is 9.77. The molecule has 1 aliphatic rings. The number of amides is 1. The minimum Gasteiger partial charge on any atom is -0.355 e. The summed E-state index contributed by atoms with van der Waals surface area (Å²) in [5.41, 5.74) is 2.63. The average Bonchev–Trinajstić information content (AvgIpc) is 2.79. The van der Waals surface area contributed by atoms with Crippen LogP contribution in [0.25, 0.3) is 0 Å². The molecule has 0 unspecified atom stereocenters. The van der Waals surface area contributed by atoms with Crippen LogP contribution >= 0.6 is 0 Å². The number of piperidine rings is 1. The molecule has 5 heteroatoms. The number of rotatable bonds is 3. The highest BCUT2D eigenvalue weighted by atomic mass is 16.1. The van der Waals surface area contributed by atoms with E-state index in [1.165, 1.54) is 0 Å². The molecular weight excluding hydrogens is 360 g/mol. The lowest BCUT2D eigenvalue weighted by Crippen LogP contribution is -2.38. The third-order valence-electron chi connectivity index (χ3n) is 4.99. The zero-order chi connectivity index (χ0) is 19.9. The summed E-state index contributed by atoms with van der Waals surface area (Å²) in [6.07, 6.45) is 6.73. The van der Waals surface area contributed by atoms with E-state index in [0.29, 0.717) is 0 Å². The van der Waals surface area contributed by atoms with Gasteiger partial charge in [0.1, 0.15) is 5.82 Å². The Morgan fingerprint density at radius 2 is 1.72 bits per heavy atom. The molecule has 1 aromatic heterocycles. The summed E-state index contributed by atoms with van der Waals surface area (Å²) in [6, 6.07) is 17.6. The van der Waals surface area contributed by atoms with E-state index in [2.05, 4.69) is 32.0 Å². The Labute approximate surface area is 170 Å². The number of hydrogen-bond acceptors (Lipinski definition) is 4. The molecule has 1 amide bonds. The van der Waals surface area contributed by atoms with Crippen molar-refractivity contribution in [3.8, 4) is 11.8 Å². The molecule has 1 aliphatic heterocycles. The molecule has 5 nitrogen and oxygen atoms in total. The summed E-state index contributed by atoms with van der Waals surface area (Å²) >= 11 is 0. The molecule has 1 N–H and O–H groups in total. The molecule has 0 bridgehead atoms. The highest BCUT2D eigenvalue weighted by molar-refractivity contribution is 5.92. The molecule has 2 heterocycles. The number of benzene rings is 2. The predicted molar refractivity (Wildman–Crippen MR) is 114 cm³/mol. The number of carbonyl (C=O) groups is 1. The molecule has 0 aliphatic carbocycles. The van der Waals surface area contributed by atoms with Crippen molar-refractivity contribution < 1.29 is 4.79 Å². The van der Waals surface area contributed by atoms with E-state index >= 15 is 0 Å². The minimum atomic E-state index is 0.00183. The van der Waals surface area contributed by atoms with Crippen molar-refractivity contribution in [2.75, 3.05) is 23.3 Å². The van der Waals surface area contributed by atoms with Crippen molar-refractivity contribution in [2.45, 2.75) is 12.8 Å². The van der Waals surface area contributed by atoms with Gasteiger partial charge in [-0.3, -0.25) is 9.78 Å². The molecule has 0 atom stereocenters. The molecule has 0 radical (unpaired) electrons. The quantitative estimate of drug-likeness (QED) is 0.701. The number of anilines is 2. The predicted octanol–water partition coefficient (Wildman–Crippen LogP) is 3.73. The van der Waals surface area contributed by atoms with Gasteiger partial charge in [0.15, 0.2) is 0 Å². The van der Waals surface area contributed by atoms with Crippen LogP contribution in [0.4, 0.5) is 11.5 Å². The summed E-state index contributed by atoms with van der Waals surface area (Å²) in [6.45, 7) is 1.61. The maximum atomic E-state index is 12.7. The van der Waals surface area contributed by atoms with Crippen LogP contribution in [-0.4, -0.2) is 29.0 Å². The van der Waals surface area contributed by atoms with Crippen molar-refractivity contribution in [1.29, 1.82) is 0 Å². The molecule has 1 fully saturated rings. The normalized spacial score (nSPS) is 14.0. The number of aromatic nitrogens is 2. The average molecular weight is 382 g/mol. The molecule has 1 saturated heterocycles. The highest BCUT2D eigenvalue weighted by Gasteiger charge is 2.25. The fourth-order valence-corrected chi connectivity index (χ4v) is 3.41. The van der Waals surface area contributed by atoms with Crippen LogP contribution in [0.15, 0.2) is 73.2 Å². The summed E-state index contributed by atoms with van der Waals surface area (Å²) in [5, 5.41) is 3.05. The third kappa shape index (κ3) is 4.99.